The number of aromatic hydroxyl groups is 1. The highest BCUT2D eigenvalue weighted by Crippen LogP contribution is 2.32. The number of phenolic OH excluding ortho intramolecular Hbond substituents is 1. The van der Waals surface area contributed by atoms with Crippen molar-refractivity contribution in [2.45, 2.75) is 52.5 Å². The second-order valence-corrected chi connectivity index (χ2v) is 6.42. The quantitative estimate of drug-likeness (QED) is 0.733. The molecule has 0 bridgehead atoms. The summed E-state index contributed by atoms with van der Waals surface area (Å²) in [6.07, 6.45) is 1.75. The Kier molecular flexibility index (Phi) is 3.65. The number of benzene rings is 1. The molecule has 1 rings (SSSR count). The highest BCUT2D eigenvalue weighted by molar-refractivity contribution is 5.84. The molecule has 0 unspecified atom stereocenters. The molecule has 0 atom stereocenters. The van der Waals surface area contributed by atoms with Crippen LogP contribution in [0.15, 0.2) is 23.2 Å². The fraction of sp³-hybridized carbons (Fsp3) is 0.533. The van der Waals surface area contributed by atoms with E-state index in [1.165, 1.54) is 0 Å². The van der Waals surface area contributed by atoms with Crippen LogP contribution >= 0.6 is 0 Å². The van der Waals surface area contributed by atoms with Crippen LogP contribution in [0.25, 0.3) is 0 Å². The first-order valence-electron chi connectivity index (χ1n) is 5.99. The maximum Gasteiger partial charge on any atom is 0.128 e. The van der Waals surface area contributed by atoms with Crippen molar-refractivity contribution in [2.24, 2.45) is 4.99 Å². The van der Waals surface area contributed by atoms with Crippen LogP contribution in [-0.4, -0.2) is 16.9 Å². The zero-order chi connectivity index (χ0) is 13.3. The van der Waals surface area contributed by atoms with Crippen molar-refractivity contribution in [2.75, 3.05) is 0 Å². The Balaban J connectivity index is 3.17. The van der Waals surface area contributed by atoms with Gasteiger partial charge in [-0.15, -0.1) is 0 Å². The van der Waals surface area contributed by atoms with Gasteiger partial charge < -0.3 is 5.11 Å². The highest BCUT2D eigenvalue weighted by atomic mass is 16.3. The van der Waals surface area contributed by atoms with Gasteiger partial charge in [-0.2, -0.15) is 0 Å². The maximum absolute atomic E-state index is 10.2. The van der Waals surface area contributed by atoms with Gasteiger partial charge in [0.1, 0.15) is 5.75 Å². The molecule has 1 aromatic rings. The number of para-hydroxylation sites is 1. The number of hydrogen-bond donors (Lipinski definition) is 1. The Morgan fingerprint density at radius 1 is 1.06 bits per heavy atom. The Morgan fingerprint density at radius 3 is 2.12 bits per heavy atom. The fourth-order valence-electron chi connectivity index (χ4n) is 1.53. The van der Waals surface area contributed by atoms with Crippen LogP contribution in [0.2, 0.25) is 0 Å². The third-order valence-corrected chi connectivity index (χ3v) is 2.47. The summed E-state index contributed by atoms with van der Waals surface area (Å²) < 4.78 is 0. The number of phenols is 1. The normalized spacial score (nSPS) is 13.3. The van der Waals surface area contributed by atoms with Crippen molar-refractivity contribution >= 4 is 6.21 Å². The molecule has 0 amide bonds. The molecule has 0 saturated heterocycles. The second kappa shape index (κ2) is 4.52. The summed E-state index contributed by atoms with van der Waals surface area (Å²) in [5, 5.41) is 10.2. The maximum atomic E-state index is 10.2. The van der Waals surface area contributed by atoms with E-state index in [0.29, 0.717) is 5.75 Å². The Labute approximate surface area is 104 Å². The average Bonchev–Trinajstić information content (AvgIpc) is 2.13. The molecule has 1 aromatic carbocycles. The zero-order valence-corrected chi connectivity index (χ0v) is 11.7. The van der Waals surface area contributed by atoms with Gasteiger partial charge in [-0.25, -0.2) is 0 Å². The first kappa shape index (κ1) is 13.8. The van der Waals surface area contributed by atoms with E-state index in [1.807, 2.05) is 39.0 Å². The van der Waals surface area contributed by atoms with Gasteiger partial charge in [-0.1, -0.05) is 32.9 Å². The van der Waals surface area contributed by atoms with Crippen molar-refractivity contribution in [3.63, 3.8) is 0 Å². The lowest BCUT2D eigenvalue weighted by Gasteiger charge is -2.21. The second-order valence-electron chi connectivity index (χ2n) is 6.42. The summed E-state index contributed by atoms with van der Waals surface area (Å²) in [6, 6.07) is 5.81. The van der Waals surface area contributed by atoms with Gasteiger partial charge in [-0.3, -0.25) is 4.99 Å². The summed E-state index contributed by atoms with van der Waals surface area (Å²) in [7, 11) is 0. The molecular formula is C15H23NO. The van der Waals surface area contributed by atoms with E-state index in [1.54, 1.807) is 6.21 Å². The Hall–Kier alpha value is -1.31. The molecule has 0 aliphatic heterocycles. The summed E-state index contributed by atoms with van der Waals surface area (Å²) >= 11 is 0. The van der Waals surface area contributed by atoms with Crippen LogP contribution in [-0.2, 0) is 5.41 Å². The van der Waals surface area contributed by atoms with Gasteiger partial charge >= 0.3 is 0 Å². The van der Waals surface area contributed by atoms with Crippen molar-refractivity contribution in [3.8, 4) is 5.75 Å². The van der Waals surface area contributed by atoms with Crippen LogP contribution in [0.3, 0.4) is 0 Å². The number of nitrogens with zero attached hydrogens (tertiary/aromatic N) is 1. The van der Waals surface area contributed by atoms with Gasteiger partial charge in [0.15, 0.2) is 0 Å². The van der Waals surface area contributed by atoms with Crippen molar-refractivity contribution in [3.05, 3.63) is 29.3 Å². The van der Waals surface area contributed by atoms with Crippen LogP contribution in [0, 0.1) is 0 Å². The molecular weight excluding hydrogens is 210 g/mol. The number of rotatable bonds is 1. The zero-order valence-electron chi connectivity index (χ0n) is 11.7. The van der Waals surface area contributed by atoms with Gasteiger partial charge in [0.05, 0.1) is 5.54 Å². The first-order valence-corrected chi connectivity index (χ1v) is 5.99. The lowest BCUT2D eigenvalue weighted by atomic mass is 9.85. The van der Waals surface area contributed by atoms with Gasteiger partial charge in [0, 0.05) is 11.8 Å². The minimum Gasteiger partial charge on any atom is -0.507 e. The molecule has 1 N–H and O–H groups in total. The minimum absolute atomic E-state index is 0.0599. The lowest BCUT2D eigenvalue weighted by Crippen LogP contribution is -2.12. The van der Waals surface area contributed by atoms with E-state index in [4.69, 9.17) is 0 Å². The highest BCUT2D eigenvalue weighted by Gasteiger charge is 2.19. The SMILES string of the molecule is CC(C)(C)N=Cc1cccc(C(C)(C)C)c1O. The molecule has 0 heterocycles. The standard InChI is InChI=1S/C15H23NO/c1-14(2,3)12-9-7-8-11(13(12)17)10-16-15(4,5)6/h7-10,17H,1-6H3. The molecule has 0 aliphatic rings. The third-order valence-electron chi connectivity index (χ3n) is 2.47. The predicted molar refractivity (Wildman–Crippen MR) is 74.2 cm³/mol. The first-order chi connectivity index (χ1) is 7.61. The number of aliphatic imine (C=N–C) groups is 1. The molecule has 94 valence electrons. The van der Waals surface area contributed by atoms with Crippen molar-refractivity contribution in [1.29, 1.82) is 0 Å². The topological polar surface area (TPSA) is 32.6 Å². The molecule has 0 radical (unpaired) electrons. The summed E-state index contributed by atoms with van der Waals surface area (Å²) in [4.78, 5) is 4.43. The van der Waals surface area contributed by atoms with Gasteiger partial charge in [-0.05, 0) is 37.8 Å². The summed E-state index contributed by atoms with van der Waals surface area (Å²) in [5.41, 5.74) is 1.56. The monoisotopic (exact) mass is 233 g/mol. The van der Waals surface area contributed by atoms with Gasteiger partial charge in [0.2, 0.25) is 0 Å². The van der Waals surface area contributed by atoms with E-state index in [9.17, 15) is 5.11 Å². The molecule has 0 aliphatic carbocycles. The van der Waals surface area contributed by atoms with Crippen LogP contribution in [0.4, 0.5) is 0 Å². The lowest BCUT2D eigenvalue weighted by molar-refractivity contribution is 0.446. The summed E-state index contributed by atoms with van der Waals surface area (Å²) in [5.74, 6) is 0.341. The van der Waals surface area contributed by atoms with Crippen LogP contribution in [0.5, 0.6) is 5.75 Å². The average molecular weight is 233 g/mol. The smallest absolute Gasteiger partial charge is 0.128 e. The predicted octanol–water partition coefficient (Wildman–Crippen LogP) is 3.91. The molecule has 0 saturated carbocycles. The molecule has 0 fully saturated rings. The van der Waals surface area contributed by atoms with Crippen LogP contribution < -0.4 is 0 Å². The van der Waals surface area contributed by atoms with Crippen molar-refractivity contribution < 1.29 is 5.11 Å². The fourth-order valence-corrected chi connectivity index (χ4v) is 1.53. The third kappa shape index (κ3) is 3.88. The van der Waals surface area contributed by atoms with Crippen LogP contribution in [0.1, 0.15) is 52.7 Å². The van der Waals surface area contributed by atoms with E-state index in [2.05, 4.69) is 25.8 Å². The largest absolute Gasteiger partial charge is 0.507 e. The molecule has 0 aromatic heterocycles. The van der Waals surface area contributed by atoms with E-state index in [-0.39, 0.29) is 11.0 Å². The molecule has 0 spiro atoms. The molecule has 2 nitrogen and oxygen atoms in total. The van der Waals surface area contributed by atoms with E-state index < -0.39 is 0 Å². The molecule has 2 heteroatoms. The Bertz CT molecular complexity index is 420. The summed E-state index contributed by atoms with van der Waals surface area (Å²) in [6.45, 7) is 12.4. The number of hydrogen-bond acceptors (Lipinski definition) is 2. The molecule has 17 heavy (non-hydrogen) atoms. The van der Waals surface area contributed by atoms with Crippen molar-refractivity contribution in [1.82, 2.24) is 0 Å². The van der Waals surface area contributed by atoms with E-state index in [0.717, 1.165) is 11.1 Å². The van der Waals surface area contributed by atoms with E-state index >= 15 is 0 Å². The Morgan fingerprint density at radius 2 is 1.65 bits per heavy atom. The van der Waals surface area contributed by atoms with Gasteiger partial charge in [0.25, 0.3) is 0 Å². The minimum atomic E-state index is -0.121.